The third-order valence-corrected chi connectivity index (χ3v) is 3.88. The zero-order valence-corrected chi connectivity index (χ0v) is 10.9. The molecule has 4 atom stereocenters. The van der Waals surface area contributed by atoms with Crippen LogP contribution in [0.25, 0.3) is 0 Å². The minimum absolute atomic E-state index is 0.0648. The van der Waals surface area contributed by atoms with Crippen LogP contribution in [-0.2, 0) is 9.53 Å². The summed E-state index contributed by atoms with van der Waals surface area (Å²) >= 11 is 0. The maximum Gasteiger partial charge on any atom is 0.249 e. The first kappa shape index (κ1) is 12.8. The Labute approximate surface area is 103 Å². The lowest BCUT2D eigenvalue weighted by Gasteiger charge is -2.29. The van der Waals surface area contributed by atoms with Crippen LogP contribution in [0.4, 0.5) is 0 Å². The van der Waals surface area contributed by atoms with E-state index >= 15 is 0 Å². The molecule has 2 aliphatic rings. The Morgan fingerprint density at radius 3 is 2.82 bits per heavy atom. The summed E-state index contributed by atoms with van der Waals surface area (Å²) in [6.45, 7) is 5.74. The number of amides is 1. The first-order valence-corrected chi connectivity index (χ1v) is 6.82. The van der Waals surface area contributed by atoms with Gasteiger partial charge in [0.15, 0.2) is 0 Å². The summed E-state index contributed by atoms with van der Waals surface area (Å²) in [4.78, 5) is 11.9. The second-order valence-electron chi connectivity index (χ2n) is 5.50. The van der Waals surface area contributed by atoms with Gasteiger partial charge in [-0.25, -0.2) is 0 Å². The molecule has 2 aliphatic heterocycles. The number of hydrogen-bond acceptors (Lipinski definition) is 3. The van der Waals surface area contributed by atoms with Gasteiger partial charge in [0.05, 0.1) is 0 Å². The van der Waals surface area contributed by atoms with E-state index in [9.17, 15) is 4.79 Å². The van der Waals surface area contributed by atoms with Gasteiger partial charge in [0.1, 0.15) is 6.10 Å². The lowest BCUT2D eigenvalue weighted by Crippen LogP contribution is -2.49. The van der Waals surface area contributed by atoms with Crippen LogP contribution in [0.15, 0.2) is 0 Å². The number of carbonyl (C=O) groups is 1. The van der Waals surface area contributed by atoms with E-state index < -0.39 is 0 Å². The van der Waals surface area contributed by atoms with E-state index in [2.05, 4.69) is 24.5 Å². The standard InChI is InChI=1S/C13H24N2O2/c1-9-6-7-17-12(9)13(16)14-8-11-5-3-4-10(2)15-11/h9-12,15H,3-8H2,1-2H3,(H,14,16). The average molecular weight is 240 g/mol. The fourth-order valence-corrected chi connectivity index (χ4v) is 2.76. The molecule has 0 radical (unpaired) electrons. The minimum atomic E-state index is -0.226. The highest BCUT2D eigenvalue weighted by Gasteiger charge is 2.31. The zero-order chi connectivity index (χ0) is 12.3. The molecule has 98 valence electrons. The topological polar surface area (TPSA) is 50.4 Å². The van der Waals surface area contributed by atoms with Crippen molar-refractivity contribution in [1.82, 2.24) is 10.6 Å². The number of ether oxygens (including phenoxy) is 1. The maximum atomic E-state index is 11.9. The van der Waals surface area contributed by atoms with E-state index in [-0.39, 0.29) is 12.0 Å². The van der Waals surface area contributed by atoms with Crippen molar-refractivity contribution >= 4 is 5.91 Å². The highest BCUT2D eigenvalue weighted by molar-refractivity contribution is 5.81. The Bertz CT molecular complexity index is 270. The van der Waals surface area contributed by atoms with E-state index in [1.54, 1.807) is 0 Å². The van der Waals surface area contributed by atoms with Gasteiger partial charge in [0.25, 0.3) is 0 Å². The van der Waals surface area contributed by atoms with Crippen LogP contribution >= 0.6 is 0 Å². The molecule has 2 rings (SSSR count). The predicted molar refractivity (Wildman–Crippen MR) is 66.8 cm³/mol. The van der Waals surface area contributed by atoms with Gasteiger partial charge >= 0.3 is 0 Å². The molecular formula is C13H24N2O2. The van der Waals surface area contributed by atoms with Gasteiger partial charge in [-0.05, 0) is 32.1 Å². The monoisotopic (exact) mass is 240 g/mol. The smallest absolute Gasteiger partial charge is 0.249 e. The molecule has 0 aromatic heterocycles. The summed E-state index contributed by atoms with van der Waals surface area (Å²) < 4.78 is 5.46. The molecule has 17 heavy (non-hydrogen) atoms. The second-order valence-corrected chi connectivity index (χ2v) is 5.50. The van der Waals surface area contributed by atoms with Crippen LogP contribution in [-0.4, -0.2) is 37.2 Å². The van der Waals surface area contributed by atoms with Crippen LogP contribution < -0.4 is 10.6 Å². The molecular weight excluding hydrogens is 216 g/mol. The molecule has 4 nitrogen and oxygen atoms in total. The van der Waals surface area contributed by atoms with Crippen molar-refractivity contribution in [1.29, 1.82) is 0 Å². The summed E-state index contributed by atoms with van der Waals surface area (Å²) in [5.74, 6) is 0.420. The van der Waals surface area contributed by atoms with Gasteiger partial charge in [-0.2, -0.15) is 0 Å². The number of hydrogen-bond donors (Lipinski definition) is 2. The highest BCUT2D eigenvalue weighted by atomic mass is 16.5. The Morgan fingerprint density at radius 2 is 2.18 bits per heavy atom. The fourth-order valence-electron chi connectivity index (χ4n) is 2.76. The largest absolute Gasteiger partial charge is 0.368 e. The van der Waals surface area contributed by atoms with Crippen LogP contribution in [0.1, 0.15) is 39.5 Å². The molecule has 2 saturated heterocycles. The van der Waals surface area contributed by atoms with Crippen molar-refractivity contribution < 1.29 is 9.53 Å². The average Bonchev–Trinajstić information content (AvgIpc) is 2.72. The molecule has 0 aromatic carbocycles. The van der Waals surface area contributed by atoms with Gasteiger partial charge < -0.3 is 15.4 Å². The van der Waals surface area contributed by atoms with Gasteiger partial charge in [0, 0.05) is 25.2 Å². The summed E-state index contributed by atoms with van der Waals surface area (Å²) in [7, 11) is 0. The van der Waals surface area contributed by atoms with E-state index in [0.717, 1.165) is 26.0 Å². The Hall–Kier alpha value is -0.610. The molecule has 0 bridgehead atoms. The molecule has 2 fully saturated rings. The number of nitrogens with one attached hydrogen (secondary N) is 2. The van der Waals surface area contributed by atoms with Crippen molar-refractivity contribution in [3.05, 3.63) is 0 Å². The molecule has 0 spiro atoms. The van der Waals surface area contributed by atoms with Crippen LogP contribution in [0, 0.1) is 5.92 Å². The lowest BCUT2D eigenvalue weighted by atomic mass is 9.99. The molecule has 2 heterocycles. The quantitative estimate of drug-likeness (QED) is 0.775. The summed E-state index contributed by atoms with van der Waals surface area (Å²) in [5, 5.41) is 6.54. The first-order valence-electron chi connectivity index (χ1n) is 6.82. The molecule has 0 saturated carbocycles. The number of rotatable bonds is 3. The van der Waals surface area contributed by atoms with Gasteiger partial charge in [-0.15, -0.1) is 0 Å². The molecule has 4 heteroatoms. The van der Waals surface area contributed by atoms with E-state index in [0.29, 0.717) is 18.0 Å². The van der Waals surface area contributed by atoms with Crippen LogP contribution in [0.5, 0.6) is 0 Å². The van der Waals surface area contributed by atoms with Crippen LogP contribution in [0.3, 0.4) is 0 Å². The van der Waals surface area contributed by atoms with Crippen molar-refractivity contribution in [2.75, 3.05) is 13.2 Å². The third-order valence-electron chi connectivity index (χ3n) is 3.88. The Balaban J connectivity index is 1.72. The van der Waals surface area contributed by atoms with Gasteiger partial charge in [-0.1, -0.05) is 13.3 Å². The molecule has 1 amide bonds. The SMILES string of the molecule is CC1CCCC(CNC(=O)C2OCCC2C)N1. The summed E-state index contributed by atoms with van der Waals surface area (Å²) in [5.41, 5.74) is 0. The predicted octanol–water partition coefficient (Wildman–Crippen LogP) is 1.06. The van der Waals surface area contributed by atoms with E-state index in [1.807, 2.05) is 0 Å². The first-order chi connectivity index (χ1) is 8.16. The Morgan fingerprint density at radius 1 is 1.35 bits per heavy atom. The highest BCUT2D eigenvalue weighted by Crippen LogP contribution is 2.20. The summed E-state index contributed by atoms with van der Waals surface area (Å²) in [6.07, 6.45) is 4.43. The van der Waals surface area contributed by atoms with Crippen molar-refractivity contribution in [2.24, 2.45) is 5.92 Å². The molecule has 2 N–H and O–H groups in total. The van der Waals surface area contributed by atoms with Crippen molar-refractivity contribution in [3.63, 3.8) is 0 Å². The number of carbonyl (C=O) groups excluding carboxylic acids is 1. The minimum Gasteiger partial charge on any atom is -0.368 e. The normalized spacial score (nSPS) is 38.0. The van der Waals surface area contributed by atoms with E-state index in [1.165, 1.54) is 12.8 Å². The fraction of sp³-hybridized carbons (Fsp3) is 0.923. The number of piperidine rings is 1. The second kappa shape index (κ2) is 5.83. The maximum absolute atomic E-state index is 11.9. The van der Waals surface area contributed by atoms with Gasteiger partial charge in [0.2, 0.25) is 5.91 Å². The summed E-state index contributed by atoms with van der Waals surface area (Å²) in [6, 6.07) is 1.01. The zero-order valence-electron chi connectivity index (χ0n) is 10.9. The van der Waals surface area contributed by atoms with Crippen molar-refractivity contribution in [3.8, 4) is 0 Å². The molecule has 4 unspecified atom stereocenters. The van der Waals surface area contributed by atoms with Crippen molar-refractivity contribution in [2.45, 2.75) is 57.7 Å². The molecule has 0 aromatic rings. The molecule has 0 aliphatic carbocycles. The van der Waals surface area contributed by atoms with Crippen LogP contribution in [0.2, 0.25) is 0 Å². The lowest BCUT2D eigenvalue weighted by molar-refractivity contribution is -0.131. The third kappa shape index (κ3) is 3.42. The van der Waals surface area contributed by atoms with Gasteiger partial charge in [-0.3, -0.25) is 4.79 Å². The van der Waals surface area contributed by atoms with E-state index in [4.69, 9.17) is 4.74 Å². The Kier molecular flexibility index (Phi) is 4.40.